The molecule has 0 saturated carbocycles. The SMILES string of the molecule is COC(=O)C(N)c1ccc(Cl)cn1. The number of carbonyl (C=O) groups is 1. The third-order valence-corrected chi connectivity index (χ3v) is 1.75. The van der Waals surface area contributed by atoms with Crippen molar-refractivity contribution in [1.29, 1.82) is 0 Å². The lowest BCUT2D eigenvalue weighted by atomic mass is 10.2. The monoisotopic (exact) mass is 200 g/mol. The number of halogens is 1. The number of rotatable bonds is 2. The maximum Gasteiger partial charge on any atom is 0.328 e. The molecule has 0 spiro atoms. The van der Waals surface area contributed by atoms with Gasteiger partial charge in [-0.1, -0.05) is 11.6 Å². The number of nitrogens with two attached hydrogens (primary N) is 1. The number of ether oxygens (including phenoxy) is 1. The molecular formula is C8H9ClN2O2. The van der Waals surface area contributed by atoms with Gasteiger partial charge in [0, 0.05) is 6.20 Å². The van der Waals surface area contributed by atoms with Crippen LogP contribution in [0.2, 0.25) is 5.02 Å². The highest BCUT2D eigenvalue weighted by Crippen LogP contribution is 2.11. The highest BCUT2D eigenvalue weighted by Gasteiger charge is 2.16. The van der Waals surface area contributed by atoms with E-state index in [1.807, 2.05) is 0 Å². The standard InChI is InChI=1S/C8H9ClN2O2/c1-13-8(12)7(10)6-3-2-5(9)4-11-6/h2-4,7H,10H2,1H3. The Balaban J connectivity index is 2.83. The molecule has 1 heterocycles. The normalized spacial score (nSPS) is 12.2. The first-order valence-electron chi connectivity index (χ1n) is 3.60. The zero-order chi connectivity index (χ0) is 9.84. The third kappa shape index (κ3) is 2.40. The van der Waals surface area contributed by atoms with Crippen LogP contribution in [0, 0.1) is 0 Å². The molecule has 0 amide bonds. The summed E-state index contributed by atoms with van der Waals surface area (Å²) in [6.07, 6.45) is 1.43. The van der Waals surface area contributed by atoms with Gasteiger partial charge in [0.25, 0.3) is 0 Å². The zero-order valence-corrected chi connectivity index (χ0v) is 7.78. The van der Waals surface area contributed by atoms with E-state index in [4.69, 9.17) is 17.3 Å². The van der Waals surface area contributed by atoms with E-state index in [1.54, 1.807) is 12.1 Å². The minimum atomic E-state index is -0.845. The number of aromatic nitrogens is 1. The predicted molar refractivity (Wildman–Crippen MR) is 48.2 cm³/mol. The van der Waals surface area contributed by atoms with Crippen LogP contribution in [0.5, 0.6) is 0 Å². The summed E-state index contributed by atoms with van der Waals surface area (Å²) >= 11 is 5.61. The predicted octanol–water partition coefficient (Wildman–Crippen LogP) is 0.908. The molecular weight excluding hydrogens is 192 g/mol. The van der Waals surface area contributed by atoms with Gasteiger partial charge < -0.3 is 10.5 Å². The van der Waals surface area contributed by atoms with E-state index < -0.39 is 12.0 Å². The van der Waals surface area contributed by atoms with E-state index >= 15 is 0 Å². The highest BCUT2D eigenvalue weighted by atomic mass is 35.5. The van der Waals surface area contributed by atoms with Gasteiger partial charge in [0.05, 0.1) is 17.8 Å². The van der Waals surface area contributed by atoms with Crippen LogP contribution < -0.4 is 5.73 Å². The van der Waals surface area contributed by atoms with Crippen molar-refractivity contribution in [3.63, 3.8) is 0 Å². The summed E-state index contributed by atoms with van der Waals surface area (Å²) in [4.78, 5) is 14.9. The maximum atomic E-state index is 11.0. The first kappa shape index (κ1) is 9.95. The summed E-state index contributed by atoms with van der Waals surface area (Å²) < 4.78 is 4.46. The molecule has 0 aliphatic carbocycles. The Bertz CT molecular complexity index is 300. The molecule has 1 aromatic heterocycles. The van der Waals surface area contributed by atoms with Crippen LogP contribution in [-0.2, 0) is 9.53 Å². The number of esters is 1. The first-order chi connectivity index (χ1) is 6.15. The van der Waals surface area contributed by atoms with Gasteiger partial charge in [-0.25, -0.2) is 4.79 Å². The number of nitrogens with zero attached hydrogens (tertiary/aromatic N) is 1. The van der Waals surface area contributed by atoms with Gasteiger partial charge in [-0.15, -0.1) is 0 Å². The average molecular weight is 201 g/mol. The van der Waals surface area contributed by atoms with Crippen molar-refractivity contribution in [3.8, 4) is 0 Å². The van der Waals surface area contributed by atoms with Crippen molar-refractivity contribution in [3.05, 3.63) is 29.0 Å². The summed E-state index contributed by atoms with van der Waals surface area (Å²) in [6.45, 7) is 0. The van der Waals surface area contributed by atoms with E-state index in [9.17, 15) is 4.79 Å². The zero-order valence-electron chi connectivity index (χ0n) is 7.03. The van der Waals surface area contributed by atoms with Crippen molar-refractivity contribution in [2.24, 2.45) is 5.73 Å². The number of pyridine rings is 1. The lowest BCUT2D eigenvalue weighted by Crippen LogP contribution is -2.23. The van der Waals surface area contributed by atoms with Crippen LogP contribution in [0.1, 0.15) is 11.7 Å². The van der Waals surface area contributed by atoms with Crippen LogP contribution in [0.25, 0.3) is 0 Å². The molecule has 0 bridgehead atoms. The molecule has 1 atom stereocenters. The average Bonchev–Trinajstić information content (AvgIpc) is 2.17. The largest absolute Gasteiger partial charge is 0.468 e. The number of hydrogen-bond donors (Lipinski definition) is 1. The second-order valence-corrected chi connectivity index (χ2v) is 2.84. The van der Waals surface area contributed by atoms with Crippen molar-refractivity contribution in [2.75, 3.05) is 7.11 Å². The van der Waals surface area contributed by atoms with E-state index in [-0.39, 0.29) is 0 Å². The van der Waals surface area contributed by atoms with Gasteiger partial charge in [-0.3, -0.25) is 4.98 Å². The smallest absolute Gasteiger partial charge is 0.328 e. The Morgan fingerprint density at radius 3 is 2.85 bits per heavy atom. The molecule has 1 aromatic rings. The quantitative estimate of drug-likeness (QED) is 0.721. The Labute approximate surface area is 80.7 Å². The van der Waals surface area contributed by atoms with Gasteiger partial charge >= 0.3 is 5.97 Å². The molecule has 2 N–H and O–H groups in total. The van der Waals surface area contributed by atoms with Crippen molar-refractivity contribution in [1.82, 2.24) is 4.98 Å². The fourth-order valence-corrected chi connectivity index (χ4v) is 0.931. The molecule has 1 unspecified atom stereocenters. The fourth-order valence-electron chi connectivity index (χ4n) is 0.819. The van der Waals surface area contributed by atoms with Crippen molar-refractivity contribution >= 4 is 17.6 Å². The van der Waals surface area contributed by atoms with Gasteiger partial charge in [0.2, 0.25) is 0 Å². The van der Waals surface area contributed by atoms with Gasteiger partial charge in [0.15, 0.2) is 0 Å². The molecule has 1 rings (SSSR count). The summed E-state index contributed by atoms with van der Waals surface area (Å²) in [6, 6.07) is 2.36. The van der Waals surface area contributed by atoms with E-state index in [0.29, 0.717) is 10.7 Å². The number of carbonyl (C=O) groups excluding carboxylic acids is 1. The Morgan fingerprint density at radius 2 is 2.38 bits per heavy atom. The lowest BCUT2D eigenvalue weighted by Gasteiger charge is -2.07. The topological polar surface area (TPSA) is 65.2 Å². The maximum absolute atomic E-state index is 11.0. The minimum absolute atomic E-state index is 0.441. The van der Waals surface area contributed by atoms with Gasteiger partial charge in [0.1, 0.15) is 6.04 Å². The third-order valence-electron chi connectivity index (χ3n) is 1.52. The number of methoxy groups -OCH3 is 1. The van der Waals surface area contributed by atoms with Crippen molar-refractivity contribution < 1.29 is 9.53 Å². The van der Waals surface area contributed by atoms with Crippen LogP contribution in [-0.4, -0.2) is 18.1 Å². The molecule has 0 aromatic carbocycles. The molecule has 4 nitrogen and oxygen atoms in total. The Morgan fingerprint density at radius 1 is 1.69 bits per heavy atom. The molecule has 0 fully saturated rings. The fraction of sp³-hybridized carbons (Fsp3) is 0.250. The molecule has 0 aliphatic rings. The first-order valence-corrected chi connectivity index (χ1v) is 3.98. The molecule has 13 heavy (non-hydrogen) atoms. The highest BCUT2D eigenvalue weighted by molar-refractivity contribution is 6.30. The lowest BCUT2D eigenvalue weighted by molar-refractivity contribution is -0.142. The van der Waals surface area contributed by atoms with E-state index in [2.05, 4.69) is 9.72 Å². The van der Waals surface area contributed by atoms with Crippen molar-refractivity contribution in [2.45, 2.75) is 6.04 Å². The second-order valence-electron chi connectivity index (χ2n) is 2.40. The molecule has 5 heteroatoms. The second kappa shape index (κ2) is 4.20. The van der Waals surface area contributed by atoms with Gasteiger partial charge in [-0.05, 0) is 12.1 Å². The van der Waals surface area contributed by atoms with E-state index in [0.717, 1.165) is 0 Å². The molecule has 0 saturated heterocycles. The van der Waals surface area contributed by atoms with Crippen LogP contribution in [0.4, 0.5) is 0 Å². The summed E-state index contributed by atoms with van der Waals surface area (Å²) in [5.74, 6) is -0.519. The summed E-state index contributed by atoms with van der Waals surface area (Å²) in [7, 11) is 1.28. The van der Waals surface area contributed by atoms with Crippen LogP contribution in [0.15, 0.2) is 18.3 Å². The summed E-state index contributed by atoms with van der Waals surface area (Å²) in [5.41, 5.74) is 5.96. The minimum Gasteiger partial charge on any atom is -0.468 e. The Kier molecular flexibility index (Phi) is 3.22. The number of hydrogen-bond acceptors (Lipinski definition) is 4. The van der Waals surface area contributed by atoms with Crippen LogP contribution in [0.3, 0.4) is 0 Å². The molecule has 0 aliphatic heterocycles. The molecule has 70 valence electrons. The molecule has 0 radical (unpaired) electrons. The van der Waals surface area contributed by atoms with Crippen LogP contribution >= 0.6 is 11.6 Å². The Hall–Kier alpha value is -1.13. The summed E-state index contributed by atoms with van der Waals surface area (Å²) in [5, 5.41) is 0.501. The van der Waals surface area contributed by atoms with Gasteiger partial charge in [-0.2, -0.15) is 0 Å². The van der Waals surface area contributed by atoms with E-state index in [1.165, 1.54) is 13.3 Å².